The molecule has 7 heteroatoms. The van der Waals surface area contributed by atoms with Gasteiger partial charge in [0.15, 0.2) is 0 Å². The Morgan fingerprint density at radius 2 is 1.85 bits per heavy atom. The third kappa shape index (κ3) is 6.12. The molecule has 1 aromatic rings. The van der Waals surface area contributed by atoms with Crippen LogP contribution in [0.3, 0.4) is 0 Å². The average molecular weight is 380 g/mol. The summed E-state index contributed by atoms with van der Waals surface area (Å²) in [5, 5.41) is 2.81. The van der Waals surface area contributed by atoms with Gasteiger partial charge in [-0.3, -0.25) is 4.79 Å². The van der Waals surface area contributed by atoms with Gasteiger partial charge in [-0.05, 0) is 37.1 Å². The number of rotatable bonds is 9. The van der Waals surface area contributed by atoms with Crippen LogP contribution in [-0.2, 0) is 14.8 Å². The maximum absolute atomic E-state index is 12.4. The number of hydrogen-bond donors (Lipinski definition) is 1. The van der Waals surface area contributed by atoms with Crippen LogP contribution in [0.25, 0.3) is 0 Å². The van der Waals surface area contributed by atoms with E-state index in [9.17, 15) is 13.2 Å². The van der Waals surface area contributed by atoms with Gasteiger partial charge >= 0.3 is 0 Å². The molecule has 144 valence electrons. The lowest BCUT2D eigenvalue weighted by Gasteiger charge is -2.11. The van der Waals surface area contributed by atoms with E-state index >= 15 is 0 Å². The van der Waals surface area contributed by atoms with Gasteiger partial charge in [0.05, 0.1) is 4.90 Å². The van der Waals surface area contributed by atoms with E-state index in [1.54, 1.807) is 12.1 Å². The second-order valence-corrected chi connectivity index (χ2v) is 8.35. The second-order valence-electron chi connectivity index (χ2n) is 6.74. The number of hydrogen-bond acceptors (Lipinski definition) is 3. The monoisotopic (exact) mass is 379 g/mol. The summed E-state index contributed by atoms with van der Waals surface area (Å²) in [6.45, 7) is 2.99. The standard InChI is InChI=1S/C19H29N3O3S/c1-3-4-5-6-7-10-19(23)20-16-11-13-17(14-12-16)26(24,25)21-18-9-8-15-22(18)2/h11-14H,3-10,15H2,1-2H3,(H,20,23). The zero-order valence-corrected chi connectivity index (χ0v) is 16.5. The van der Waals surface area contributed by atoms with Gasteiger partial charge < -0.3 is 10.2 Å². The Hall–Kier alpha value is -1.89. The molecule has 1 aliphatic heterocycles. The van der Waals surface area contributed by atoms with Crippen LogP contribution in [-0.4, -0.2) is 38.7 Å². The van der Waals surface area contributed by atoms with E-state index in [4.69, 9.17) is 0 Å². The van der Waals surface area contributed by atoms with Crippen molar-refractivity contribution in [3.63, 3.8) is 0 Å². The van der Waals surface area contributed by atoms with E-state index in [1.807, 2.05) is 11.9 Å². The number of sulfonamides is 1. The van der Waals surface area contributed by atoms with E-state index in [-0.39, 0.29) is 10.8 Å². The second kappa shape index (κ2) is 9.71. The average Bonchev–Trinajstić information content (AvgIpc) is 2.99. The Balaban J connectivity index is 1.90. The molecule has 26 heavy (non-hydrogen) atoms. The zero-order chi connectivity index (χ0) is 19.0. The van der Waals surface area contributed by atoms with Crippen molar-refractivity contribution in [3.05, 3.63) is 24.3 Å². The molecule has 1 fully saturated rings. The summed E-state index contributed by atoms with van der Waals surface area (Å²) in [6.07, 6.45) is 7.59. The van der Waals surface area contributed by atoms with Crippen molar-refractivity contribution in [2.75, 3.05) is 18.9 Å². The van der Waals surface area contributed by atoms with Gasteiger partial charge in [0, 0.05) is 32.1 Å². The highest BCUT2D eigenvalue weighted by molar-refractivity contribution is 7.90. The maximum Gasteiger partial charge on any atom is 0.283 e. The minimum atomic E-state index is -3.71. The molecule has 1 aromatic carbocycles. The molecule has 0 aromatic heterocycles. The van der Waals surface area contributed by atoms with Crippen LogP contribution in [0.5, 0.6) is 0 Å². The van der Waals surface area contributed by atoms with E-state index in [1.165, 1.54) is 25.0 Å². The Morgan fingerprint density at radius 1 is 1.15 bits per heavy atom. The predicted octanol–water partition coefficient (Wildman–Crippen LogP) is 3.80. The molecular formula is C19H29N3O3S. The van der Waals surface area contributed by atoms with Gasteiger partial charge in [-0.15, -0.1) is 4.40 Å². The molecule has 0 radical (unpaired) electrons. The molecule has 0 atom stereocenters. The van der Waals surface area contributed by atoms with Crippen LogP contribution in [0, 0.1) is 0 Å². The first-order chi connectivity index (χ1) is 12.4. The Kier molecular flexibility index (Phi) is 7.63. The fourth-order valence-corrected chi connectivity index (χ4v) is 4.02. The normalized spacial score (nSPS) is 16.2. The molecule has 0 bridgehead atoms. The van der Waals surface area contributed by atoms with Crippen LogP contribution in [0.15, 0.2) is 33.6 Å². The third-order valence-electron chi connectivity index (χ3n) is 4.50. The molecule has 0 aliphatic carbocycles. The van der Waals surface area contributed by atoms with Gasteiger partial charge in [-0.1, -0.05) is 32.6 Å². The van der Waals surface area contributed by atoms with Crippen LogP contribution in [0.4, 0.5) is 5.69 Å². The molecule has 0 unspecified atom stereocenters. The number of carbonyl (C=O) groups is 1. The number of nitrogens with zero attached hydrogens (tertiary/aromatic N) is 2. The van der Waals surface area contributed by atoms with Crippen molar-refractivity contribution in [2.24, 2.45) is 4.40 Å². The van der Waals surface area contributed by atoms with Crippen molar-refractivity contribution in [3.8, 4) is 0 Å². The Labute approximate surface area is 156 Å². The molecule has 1 aliphatic rings. The number of nitrogens with one attached hydrogen (secondary N) is 1. The van der Waals surface area contributed by atoms with Crippen molar-refractivity contribution < 1.29 is 13.2 Å². The highest BCUT2D eigenvalue weighted by atomic mass is 32.2. The predicted molar refractivity (Wildman–Crippen MR) is 105 cm³/mol. The molecule has 1 saturated heterocycles. The fourth-order valence-electron chi connectivity index (χ4n) is 2.92. The van der Waals surface area contributed by atoms with Crippen molar-refractivity contribution in [1.82, 2.24) is 4.90 Å². The van der Waals surface area contributed by atoms with Crippen molar-refractivity contribution >= 4 is 27.5 Å². The van der Waals surface area contributed by atoms with Gasteiger partial charge in [0.1, 0.15) is 5.84 Å². The SMILES string of the molecule is CCCCCCCC(=O)Nc1ccc(S(=O)(=O)N=C2CCCN2C)cc1. The third-order valence-corrected chi connectivity index (χ3v) is 5.82. The highest BCUT2D eigenvalue weighted by Gasteiger charge is 2.20. The van der Waals surface area contributed by atoms with Gasteiger partial charge in [-0.2, -0.15) is 8.42 Å². The summed E-state index contributed by atoms with van der Waals surface area (Å²) < 4.78 is 28.7. The first-order valence-corrected chi connectivity index (χ1v) is 10.8. The maximum atomic E-state index is 12.4. The number of amidine groups is 1. The molecule has 0 saturated carbocycles. The smallest absolute Gasteiger partial charge is 0.283 e. The van der Waals surface area contributed by atoms with E-state index < -0.39 is 10.0 Å². The number of amides is 1. The summed E-state index contributed by atoms with van der Waals surface area (Å²) in [5.74, 6) is 0.565. The Bertz CT molecular complexity index is 727. The topological polar surface area (TPSA) is 78.8 Å². The summed E-state index contributed by atoms with van der Waals surface area (Å²) in [7, 11) is -1.86. The first kappa shape index (κ1) is 20.4. The van der Waals surface area contributed by atoms with Crippen LogP contribution < -0.4 is 5.32 Å². The Morgan fingerprint density at radius 3 is 2.46 bits per heavy atom. The molecular weight excluding hydrogens is 350 g/mol. The molecule has 2 rings (SSSR count). The first-order valence-electron chi connectivity index (χ1n) is 9.37. The lowest BCUT2D eigenvalue weighted by Crippen LogP contribution is -2.20. The van der Waals surface area contributed by atoms with Gasteiger partial charge in [0.25, 0.3) is 10.0 Å². The summed E-state index contributed by atoms with van der Waals surface area (Å²) >= 11 is 0. The summed E-state index contributed by atoms with van der Waals surface area (Å²) in [4.78, 5) is 13.9. The molecule has 1 heterocycles. The van der Waals surface area contributed by atoms with E-state index in [0.717, 1.165) is 32.2 Å². The zero-order valence-electron chi connectivity index (χ0n) is 15.7. The largest absolute Gasteiger partial charge is 0.362 e. The van der Waals surface area contributed by atoms with E-state index in [0.29, 0.717) is 24.4 Å². The van der Waals surface area contributed by atoms with Gasteiger partial charge in [0.2, 0.25) is 5.91 Å². The van der Waals surface area contributed by atoms with Crippen LogP contribution in [0.2, 0.25) is 0 Å². The number of carbonyl (C=O) groups excluding carboxylic acids is 1. The van der Waals surface area contributed by atoms with Crippen LogP contribution >= 0.6 is 0 Å². The number of unbranched alkanes of at least 4 members (excludes halogenated alkanes) is 4. The minimum Gasteiger partial charge on any atom is -0.362 e. The highest BCUT2D eigenvalue weighted by Crippen LogP contribution is 2.19. The molecule has 1 N–H and O–H groups in total. The number of anilines is 1. The quantitative estimate of drug-likeness (QED) is 0.662. The number of benzene rings is 1. The molecule has 1 amide bonds. The lowest BCUT2D eigenvalue weighted by molar-refractivity contribution is -0.116. The van der Waals surface area contributed by atoms with Crippen molar-refractivity contribution in [1.29, 1.82) is 0 Å². The molecule has 6 nitrogen and oxygen atoms in total. The molecule has 0 spiro atoms. The number of likely N-dealkylation sites (tertiary alicyclic amines) is 1. The lowest BCUT2D eigenvalue weighted by atomic mass is 10.1. The minimum absolute atomic E-state index is 0.0371. The van der Waals surface area contributed by atoms with Gasteiger partial charge in [-0.25, -0.2) is 0 Å². The summed E-state index contributed by atoms with van der Waals surface area (Å²) in [6, 6.07) is 6.21. The van der Waals surface area contributed by atoms with E-state index in [2.05, 4.69) is 16.6 Å². The summed E-state index contributed by atoms with van der Waals surface area (Å²) in [5.41, 5.74) is 0.605. The van der Waals surface area contributed by atoms with Crippen molar-refractivity contribution in [2.45, 2.75) is 63.2 Å². The fraction of sp³-hybridized carbons (Fsp3) is 0.579. The van der Waals surface area contributed by atoms with Crippen LogP contribution in [0.1, 0.15) is 58.3 Å².